The average molecular weight is 345 g/mol. The summed E-state index contributed by atoms with van der Waals surface area (Å²) in [4.78, 5) is 16.3. The van der Waals surface area contributed by atoms with Gasteiger partial charge in [-0.15, -0.1) is 11.6 Å². The van der Waals surface area contributed by atoms with E-state index in [1.54, 1.807) is 17.9 Å². The van der Waals surface area contributed by atoms with Crippen LogP contribution in [0.25, 0.3) is 16.7 Å². The first-order valence-corrected chi connectivity index (χ1v) is 7.94. The van der Waals surface area contributed by atoms with E-state index in [9.17, 15) is 4.79 Å². The fraction of sp³-hybridized carbons (Fsp3) is 0.235. The fourth-order valence-electron chi connectivity index (χ4n) is 2.59. The molecule has 2 heterocycles. The molecule has 0 aliphatic heterocycles. The van der Waals surface area contributed by atoms with Crippen LogP contribution in [0.2, 0.25) is 0 Å². The number of hydrogen-bond donors (Lipinski definition) is 1. The van der Waals surface area contributed by atoms with Crippen molar-refractivity contribution >= 4 is 34.2 Å². The zero-order valence-corrected chi connectivity index (χ0v) is 14.4. The van der Waals surface area contributed by atoms with Gasteiger partial charge in [-0.2, -0.15) is 9.78 Å². The Hall–Kier alpha value is -2.60. The summed E-state index contributed by atoms with van der Waals surface area (Å²) in [6.45, 7) is 3.85. The molecule has 3 rings (SSSR count). The number of pyridine rings is 1. The monoisotopic (exact) mass is 344 g/mol. The highest BCUT2D eigenvalue weighted by Gasteiger charge is 2.14. The molecule has 0 saturated carbocycles. The van der Waals surface area contributed by atoms with Gasteiger partial charge in [-0.05, 0) is 31.5 Å². The van der Waals surface area contributed by atoms with Crippen LogP contribution >= 0.6 is 11.6 Å². The molecule has 1 N–H and O–H groups in total. The molecule has 0 atom stereocenters. The second-order valence-electron chi connectivity index (χ2n) is 5.42. The predicted molar refractivity (Wildman–Crippen MR) is 94.2 cm³/mol. The number of aryl methyl sites for hydroxylation is 2. The second-order valence-corrected chi connectivity index (χ2v) is 5.69. The Balaban J connectivity index is 2.18. The first-order valence-electron chi connectivity index (χ1n) is 7.40. The van der Waals surface area contributed by atoms with Crippen molar-refractivity contribution in [3.63, 3.8) is 0 Å². The van der Waals surface area contributed by atoms with Crippen LogP contribution in [0.1, 0.15) is 11.3 Å². The molecule has 1 aromatic carbocycles. The number of fused-ring (bicyclic) bond motifs is 1. The number of carbonyl (C=O) groups excluding carboxylic acids is 1. The van der Waals surface area contributed by atoms with Gasteiger partial charge < -0.3 is 10.1 Å². The molecule has 6 nitrogen and oxygen atoms in total. The van der Waals surface area contributed by atoms with Gasteiger partial charge >= 0.3 is 0 Å². The average Bonchev–Trinajstić information content (AvgIpc) is 2.94. The molecule has 1 amide bonds. The number of para-hydroxylation sites is 1. The van der Waals surface area contributed by atoms with Crippen LogP contribution in [0.5, 0.6) is 5.75 Å². The standard InChI is InChI=1S/C17H17ClN4O2/c1-10-7-14(20-17-12(10)5-4-6-13(17)24-3)22-15(8-11(2)21-22)19-16(23)9-18/h4-8H,9H2,1-3H3,(H,19,23). The van der Waals surface area contributed by atoms with Gasteiger partial charge in [0.1, 0.15) is 23.0 Å². The summed E-state index contributed by atoms with van der Waals surface area (Å²) in [6.07, 6.45) is 0. The van der Waals surface area contributed by atoms with Gasteiger partial charge in [0.2, 0.25) is 5.91 Å². The molecule has 0 unspecified atom stereocenters. The third-order valence-corrected chi connectivity index (χ3v) is 3.90. The lowest BCUT2D eigenvalue weighted by molar-refractivity contribution is -0.114. The SMILES string of the molecule is COc1cccc2c(C)cc(-n3nc(C)cc3NC(=O)CCl)nc12. The molecule has 0 radical (unpaired) electrons. The van der Waals surface area contributed by atoms with Crippen molar-refractivity contribution < 1.29 is 9.53 Å². The number of anilines is 1. The smallest absolute Gasteiger partial charge is 0.240 e. The molecule has 0 aliphatic carbocycles. The number of amides is 1. The van der Waals surface area contributed by atoms with Crippen molar-refractivity contribution in [2.24, 2.45) is 0 Å². The molecule has 24 heavy (non-hydrogen) atoms. The Kier molecular flexibility index (Phi) is 4.40. The lowest BCUT2D eigenvalue weighted by Gasteiger charge is -2.12. The maximum absolute atomic E-state index is 11.6. The van der Waals surface area contributed by atoms with Crippen molar-refractivity contribution in [3.8, 4) is 11.6 Å². The summed E-state index contributed by atoms with van der Waals surface area (Å²) in [5.41, 5.74) is 2.55. The lowest BCUT2D eigenvalue weighted by Crippen LogP contribution is -2.16. The highest BCUT2D eigenvalue weighted by Crippen LogP contribution is 2.28. The zero-order valence-electron chi connectivity index (χ0n) is 13.6. The molecular weight excluding hydrogens is 328 g/mol. The van der Waals surface area contributed by atoms with Crippen molar-refractivity contribution in [1.82, 2.24) is 14.8 Å². The molecule has 3 aromatic rings. The van der Waals surface area contributed by atoms with Gasteiger partial charge in [-0.3, -0.25) is 4.79 Å². The minimum atomic E-state index is -0.298. The van der Waals surface area contributed by atoms with E-state index < -0.39 is 0 Å². The number of hydrogen-bond acceptors (Lipinski definition) is 4. The normalized spacial score (nSPS) is 10.8. The van der Waals surface area contributed by atoms with Crippen molar-refractivity contribution in [1.29, 1.82) is 0 Å². The molecule has 124 valence electrons. The van der Waals surface area contributed by atoms with Crippen molar-refractivity contribution in [3.05, 3.63) is 41.6 Å². The van der Waals surface area contributed by atoms with Crippen LogP contribution < -0.4 is 10.1 Å². The molecule has 0 spiro atoms. The quantitative estimate of drug-likeness (QED) is 0.738. The highest BCUT2D eigenvalue weighted by molar-refractivity contribution is 6.29. The molecule has 0 bridgehead atoms. The van der Waals surface area contributed by atoms with Gasteiger partial charge in [0, 0.05) is 11.5 Å². The third-order valence-electron chi connectivity index (χ3n) is 3.65. The fourth-order valence-corrected chi connectivity index (χ4v) is 2.65. The minimum absolute atomic E-state index is 0.123. The summed E-state index contributed by atoms with van der Waals surface area (Å²) < 4.78 is 7.01. The zero-order chi connectivity index (χ0) is 17.3. The van der Waals surface area contributed by atoms with Crippen LogP contribution in [0.3, 0.4) is 0 Å². The maximum atomic E-state index is 11.6. The molecule has 0 saturated heterocycles. The van der Waals surface area contributed by atoms with Crippen LogP contribution in [0.4, 0.5) is 5.82 Å². The maximum Gasteiger partial charge on any atom is 0.240 e. The van der Waals surface area contributed by atoms with Crippen molar-refractivity contribution in [2.45, 2.75) is 13.8 Å². The van der Waals surface area contributed by atoms with Gasteiger partial charge in [0.25, 0.3) is 0 Å². The van der Waals surface area contributed by atoms with Gasteiger partial charge in [-0.1, -0.05) is 12.1 Å². The number of benzene rings is 1. The molecule has 0 aliphatic rings. The highest BCUT2D eigenvalue weighted by atomic mass is 35.5. The predicted octanol–water partition coefficient (Wildman–Crippen LogP) is 3.22. The van der Waals surface area contributed by atoms with E-state index >= 15 is 0 Å². The van der Waals surface area contributed by atoms with Gasteiger partial charge in [-0.25, -0.2) is 4.98 Å². The molecule has 7 heteroatoms. The van der Waals surface area contributed by atoms with Crippen LogP contribution in [-0.2, 0) is 4.79 Å². The number of nitrogens with zero attached hydrogens (tertiary/aromatic N) is 3. The number of methoxy groups -OCH3 is 1. The minimum Gasteiger partial charge on any atom is -0.494 e. The summed E-state index contributed by atoms with van der Waals surface area (Å²) in [5.74, 6) is 1.39. The Labute approximate surface area is 144 Å². The summed E-state index contributed by atoms with van der Waals surface area (Å²) in [5, 5.41) is 8.17. The third kappa shape index (κ3) is 2.92. The first kappa shape index (κ1) is 16.3. The van der Waals surface area contributed by atoms with E-state index in [-0.39, 0.29) is 11.8 Å². The van der Waals surface area contributed by atoms with Crippen molar-refractivity contribution in [2.75, 3.05) is 18.3 Å². The number of rotatable bonds is 4. The molecule has 0 fully saturated rings. The van der Waals surface area contributed by atoms with Gasteiger partial charge in [0.05, 0.1) is 12.8 Å². The topological polar surface area (TPSA) is 69.0 Å². The van der Waals surface area contributed by atoms with E-state index in [0.717, 1.165) is 22.2 Å². The molecule has 2 aromatic heterocycles. The first-order chi connectivity index (χ1) is 11.5. The lowest BCUT2D eigenvalue weighted by atomic mass is 10.1. The summed E-state index contributed by atoms with van der Waals surface area (Å²) in [7, 11) is 1.61. The Bertz CT molecular complexity index is 920. The van der Waals surface area contributed by atoms with E-state index in [1.807, 2.05) is 38.1 Å². The van der Waals surface area contributed by atoms with Crippen LogP contribution in [0.15, 0.2) is 30.3 Å². The molecular formula is C17H17ClN4O2. The largest absolute Gasteiger partial charge is 0.494 e. The Morgan fingerprint density at radius 1 is 1.33 bits per heavy atom. The van der Waals surface area contributed by atoms with E-state index in [1.165, 1.54) is 0 Å². The van der Waals surface area contributed by atoms with Gasteiger partial charge in [0.15, 0.2) is 5.82 Å². The number of aromatic nitrogens is 3. The van der Waals surface area contributed by atoms with E-state index in [2.05, 4.69) is 15.4 Å². The number of ether oxygens (including phenoxy) is 1. The Morgan fingerprint density at radius 2 is 2.12 bits per heavy atom. The van der Waals surface area contributed by atoms with Crippen LogP contribution in [-0.4, -0.2) is 33.7 Å². The number of halogens is 1. The second kappa shape index (κ2) is 6.49. The van der Waals surface area contributed by atoms with Crippen LogP contribution in [0, 0.1) is 13.8 Å². The number of alkyl halides is 1. The Morgan fingerprint density at radius 3 is 2.83 bits per heavy atom. The number of nitrogens with one attached hydrogen (secondary N) is 1. The van der Waals surface area contributed by atoms with E-state index in [4.69, 9.17) is 16.3 Å². The number of carbonyl (C=O) groups is 1. The summed E-state index contributed by atoms with van der Waals surface area (Å²) in [6, 6.07) is 9.48. The summed E-state index contributed by atoms with van der Waals surface area (Å²) >= 11 is 5.58. The van der Waals surface area contributed by atoms with E-state index in [0.29, 0.717) is 17.4 Å².